The molecule has 0 aliphatic carbocycles. The van der Waals surface area contributed by atoms with E-state index in [1.807, 2.05) is 6.07 Å². The Bertz CT molecular complexity index is 1530. The van der Waals surface area contributed by atoms with Crippen LogP contribution in [-0.4, -0.2) is 24.1 Å². The van der Waals surface area contributed by atoms with E-state index in [1.165, 1.54) is 0 Å². The van der Waals surface area contributed by atoms with Crippen LogP contribution in [0.4, 0.5) is 5.69 Å². The van der Waals surface area contributed by atoms with Gasteiger partial charge in [0.2, 0.25) is 5.88 Å². The summed E-state index contributed by atoms with van der Waals surface area (Å²) in [6.45, 7) is 2.37. The summed E-state index contributed by atoms with van der Waals surface area (Å²) in [6.07, 6.45) is 0. The van der Waals surface area contributed by atoms with Gasteiger partial charge in [0.1, 0.15) is 30.6 Å². The lowest BCUT2D eigenvalue weighted by molar-refractivity contribution is -0.113. The Morgan fingerprint density at radius 2 is 1.86 bits per heavy atom. The average molecular weight is 491 g/mol. The van der Waals surface area contributed by atoms with E-state index in [9.17, 15) is 14.9 Å². The van der Waals surface area contributed by atoms with Crippen LogP contribution in [0, 0.1) is 11.3 Å². The molecule has 0 saturated heterocycles. The van der Waals surface area contributed by atoms with Gasteiger partial charge in [0.05, 0.1) is 17.0 Å². The van der Waals surface area contributed by atoms with Crippen molar-refractivity contribution < 1.29 is 19.0 Å². The summed E-state index contributed by atoms with van der Waals surface area (Å²) in [7, 11) is 0. The first-order valence-electron chi connectivity index (χ1n) is 10.7. The van der Waals surface area contributed by atoms with Crippen molar-refractivity contribution in [2.45, 2.75) is 12.8 Å². The summed E-state index contributed by atoms with van der Waals surface area (Å²) in [5, 5.41) is 13.8. The molecule has 3 heterocycles. The van der Waals surface area contributed by atoms with E-state index in [4.69, 9.17) is 31.5 Å². The fraction of sp³-hybridized carbons (Fsp3) is 0.160. The molecule has 0 spiro atoms. The number of fused-ring (bicyclic) bond motifs is 2. The Kier molecular flexibility index (Phi) is 5.59. The molecular weight excluding hydrogens is 472 g/mol. The maximum Gasteiger partial charge on any atom is 0.255 e. The highest BCUT2D eigenvalue weighted by Gasteiger charge is 2.37. The predicted octanol–water partition coefficient (Wildman–Crippen LogP) is 3.67. The third-order valence-corrected chi connectivity index (χ3v) is 6.05. The van der Waals surface area contributed by atoms with E-state index in [0.29, 0.717) is 46.3 Å². The first-order chi connectivity index (χ1) is 16.9. The molecule has 5 rings (SSSR count). The topological polar surface area (TPSA) is 139 Å². The second-order valence-electron chi connectivity index (χ2n) is 7.99. The third-order valence-electron chi connectivity index (χ3n) is 5.80. The van der Waals surface area contributed by atoms with Gasteiger partial charge < -0.3 is 30.2 Å². The number of allylic oxidation sites excluding steroid dienone is 2. The maximum absolute atomic E-state index is 13.4. The van der Waals surface area contributed by atoms with E-state index in [1.54, 1.807) is 49.4 Å². The minimum atomic E-state index is -1.05. The molecule has 0 bridgehead atoms. The number of carbonyl (C=O) groups excluding carboxylic acids is 1. The minimum Gasteiger partial charge on any atom is -0.486 e. The number of pyridine rings is 1. The normalized spacial score (nSPS) is 17.1. The summed E-state index contributed by atoms with van der Waals surface area (Å²) < 4.78 is 16.8. The second kappa shape index (κ2) is 8.74. The number of nitrogens with two attached hydrogens (primary N) is 1. The van der Waals surface area contributed by atoms with Gasteiger partial charge in [0.25, 0.3) is 11.5 Å². The standard InChI is InChI=1S/C25H19ClN4O5/c1-12-21(25(32)29-15-4-2-14(26)3-5-15)22(17(11-27)23(28)35-12)16-8-13-9-19-20(34-7-6-33-19)10-18(13)30-24(16)31/h2-5,8-10,22H,6-7,28H2,1H3,(H,29,32)(H,30,31). The molecule has 0 fully saturated rings. The summed E-state index contributed by atoms with van der Waals surface area (Å²) in [4.78, 5) is 29.4. The number of nitriles is 1. The van der Waals surface area contributed by atoms with Gasteiger partial charge in [-0.3, -0.25) is 9.59 Å². The Morgan fingerprint density at radius 1 is 1.17 bits per heavy atom. The van der Waals surface area contributed by atoms with Gasteiger partial charge in [-0.1, -0.05) is 11.6 Å². The number of H-pyrrole nitrogens is 1. The molecule has 4 N–H and O–H groups in total. The maximum atomic E-state index is 13.4. The number of ether oxygens (including phenoxy) is 3. The number of hydrogen-bond acceptors (Lipinski definition) is 7. The van der Waals surface area contributed by atoms with Crippen molar-refractivity contribution in [1.82, 2.24) is 4.98 Å². The molecule has 2 aromatic carbocycles. The highest BCUT2D eigenvalue weighted by molar-refractivity contribution is 6.30. The highest BCUT2D eigenvalue weighted by Crippen LogP contribution is 2.40. The van der Waals surface area contributed by atoms with Crippen LogP contribution in [0.25, 0.3) is 10.9 Å². The Morgan fingerprint density at radius 3 is 2.54 bits per heavy atom. The monoisotopic (exact) mass is 490 g/mol. The molecule has 1 aromatic heterocycles. The van der Waals surface area contributed by atoms with E-state index in [-0.39, 0.29) is 28.4 Å². The molecule has 9 nitrogen and oxygen atoms in total. The lowest BCUT2D eigenvalue weighted by Gasteiger charge is -2.27. The van der Waals surface area contributed by atoms with Crippen LogP contribution in [0.5, 0.6) is 11.5 Å². The first kappa shape index (κ1) is 22.4. The molecule has 3 aromatic rings. The van der Waals surface area contributed by atoms with E-state index >= 15 is 0 Å². The molecule has 1 atom stereocenters. The zero-order valence-electron chi connectivity index (χ0n) is 18.5. The van der Waals surface area contributed by atoms with Gasteiger partial charge in [0.15, 0.2) is 11.5 Å². The summed E-state index contributed by atoms with van der Waals surface area (Å²) in [5.41, 5.74) is 6.74. The van der Waals surface area contributed by atoms with E-state index in [2.05, 4.69) is 10.3 Å². The lowest BCUT2D eigenvalue weighted by atomic mass is 9.82. The zero-order chi connectivity index (χ0) is 24.7. The summed E-state index contributed by atoms with van der Waals surface area (Å²) in [5.74, 6) is -0.519. The van der Waals surface area contributed by atoms with E-state index in [0.717, 1.165) is 0 Å². The number of aromatic nitrogens is 1. The number of aromatic amines is 1. The largest absolute Gasteiger partial charge is 0.486 e. The van der Waals surface area contributed by atoms with E-state index < -0.39 is 17.4 Å². The second-order valence-corrected chi connectivity index (χ2v) is 8.43. The van der Waals surface area contributed by atoms with Crippen molar-refractivity contribution in [2.24, 2.45) is 5.73 Å². The molecule has 0 radical (unpaired) electrons. The van der Waals surface area contributed by atoms with Crippen LogP contribution in [-0.2, 0) is 9.53 Å². The fourth-order valence-electron chi connectivity index (χ4n) is 4.19. The van der Waals surface area contributed by atoms with Crippen molar-refractivity contribution in [3.8, 4) is 17.6 Å². The predicted molar refractivity (Wildman–Crippen MR) is 129 cm³/mol. The van der Waals surface area contributed by atoms with Crippen molar-refractivity contribution in [3.05, 3.63) is 86.2 Å². The van der Waals surface area contributed by atoms with Gasteiger partial charge in [-0.2, -0.15) is 5.26 Å². The average Bonchev–Trinajstić information content (AvgIpc) is 2.83. The van der Waals surface area contributed by atoms with Crippen LogP contribution in [0.3, 0.4) is 0 Å². The van der Waals surface area contributed by atoms with Crippen LogP contribution < -0.4 is 26.1 Å². The van der Waals surface area contributed by atoms with Crippen LogP contribution in [0.15, 0.2) is 70.0 Å². The first-order valence-corrected chi connectivity index (χ1v) is 11.1. The molecule has 0 saturated carbocycles. The molecule has 1 unspecified atom stereocenters. The number of nitrogens with zero attached hydrogens (tertiary/aromatic N) is 1. The molecule has 2 aliphatic heterocycles. The number of carbonyl (C=O) groups is 1. The van der Waals surface area contributed by atoms with Gasteiger partial charge in [-0.25, -0.2) is 0 Å². The van der Waals surface area contributed by atoms with Crippen LogP contribution >= 0.6 is 11.6 Å². The Balaban J connectivity index is 1.63. The van der Waals surface area contributed by atoms with Gasteiger partial charge in [-0.15, -0.1) is 0 Å². The number of hydrogen-bond donors (Lipinski definition) is 3. The number of nitrogens with one attached hydrogen (secondary N) is 2. The van der Waals surface area contributed by atoms with Gasteiger partial charge >= 0.3 is 0 Å². The number of anilines is 1. The Hall–Kier alpha value is -4.42. The SMILES string of the molecule is CC1=C(C(=O)Nc2ccc(Cl)cc2)C(c2cc3cc4c(cc3[nH]c2=O)OCCO4)C(C#N)=C(N)O1. The van der Waals surface area contributed by atoms with Crippen LogP contribution in [0.1, 0.15) is 18.4 Å². The smallest absolute Gasteiger partial charge is 0.255 e. The molecule has 2 aliphatic rings. The summed E-state index contributed by atoms with van der Waals surface area (Å²) >= 11 is 5.93. The molecule has 35 heavy (non-hydrogen) atoms. The van der Waals surface area contributed by atoms with Crippen molar-refractivity contribution >= 4 is 34.1 Å². The summed E-state index contributed by atoms with van der Waals surface area (Å²) in [6, 6.07) is 13.6. The van der Waals surface area contributed by atoms with Crippen LogP contribution in [0.2, 0.25) is 5.02 Å². The molecule has 1 amide bonds. The molecule has 10 heteroatoms. The van der Waals surface area contributed by atoms with Crippen molar-refractivity contribution in [2.75, 3.05) is 18.5 Å². The van der Waals surface area contributed by atoms with Gasteiger partial charge in [0, 0.05) is 27.7 Å². The lowest BCUT2D eigenvalue weighted by Crippen LogP contribution is -2.30. The van der Waals surface area contributed by atoms with Crippen molar-refractivity contribution in [3.63, 3.8) is 0 Å². The quantitative estimate of drug-likeness (QED) is 0.508. The molecular formula is C25H19ClN4O5. The third kappa shape index (κ3) is 4.05. The minimum absolute atomic E-state index is 0.0424. The van der Waals surface area contributed by atoms with Gasteiger partial charge in [-0.05, 0) is 43.3 Å². The molecule has 176 valence electrons. The number of halogens is 1. The number of rotatable bonds is 3. The Labute approximate surface area is 204 Å². The number of amides is 1. The highest BCUT2D eigenvalue weighted by atomic mass is 35.5. The fourth-order valence-corrected chi connectivity index (χ4v) is 4.32. The number of benzene rings is 2. The zero-order valence-corrected chi connectivity index (χ0v) is 19.2. The van der Waals surface area contributed by atoms with Crippen molar-refractivity contribution in [1.29, 1.82) is 5.26 Å².